The summed E-state index contributed by atoms with van der Waals surface area (Å²) in [5.74, 6) is -1.43. The van der Waals surface area contributed by atoms with E-state index in [0.717, 1.165) is 6.20 Å². The van der Waals surface area contributed by atoms with E-state index < -0.39 is 11.7 Å². The molecule has 0 aliphatic rings. The fraction of sp³-hybridized carbons (Fsp3) is 0. The second kappa shape index (κ2) is 3.66. The first-order valence-electron chi connectivity index (χ1n) is 3.49. The molecule has 0 saturated carbocycles. The molecule has 1 rings (SSSR count). The van der Waals surface area contributed by atoms with E-state index in [1.165, 1.54) is 18.3 Å². The molecule has 0 saturated heterocycles. The summed E-state index contributed by atoms with van der Waals surface area (Å²) in [6.07, 6.45) is 2.29. The Morgan fingerprint density at radius 1 is 1.62 bits per heavy atom. The number of hydrogen-bond donors (Lipinski definition) is 2. The molecule has 1 aromatic rings. The van der Waals surface area contributed by atoms with Crippen molar-refractivity contribution in [3.8, 4) is 0 Å². The van der Waals surface area contributed by atoms with Crippen LogP contribution in [-0.4, -0.2) is 10.9 Å². The second-order valence-electron chi connectivity index (χ2n) is 2.28. The SMILES string of the molecule is N/C=C(/C(N)=O)c1ncccc1F. The Hall–Kier alpha value is -1.91. The molecule has 0 radical (unpaired) electrons. The summed E-state index contributed by atoms with van der Waals surface area (Å²) in [6, 6.07) is 2.59. The lowest BCUT2D eigenvalue weighted by atomic mass is 10.1. The van der Waals surface area contributed by atoms with Crippen molar-refractivity contribution < 1.29 is 9.18 Å². The summed E-state index contributed by atoms with van der Waals surface area (Å²) in [4.78, 5) is 14.4. The summed E-state index contributed by atoms with van der Waals surface area (Å²) in [7, 11) is 0. The van der Waals surface area contributed by atoms with Gasteiger partial charge in [0.05, 0.1) is 5.57 Å². The van der Waals surface area contributed by atoms with E-state index in [0.29, 0.717) is 0 Å². The van der Waals surface area contributed by atoms with Crippen molar-refractivity contribution >= 4 is 11.5 Å². The second-order valence-corrected chi connectivity index (χ2v) is 2.28. The molecule has 4 N–H and O–H groups in total. The molecule has 0 atom stereocenters. The minimum atomic E-state index is -0.805. The smallest absolute Gasteiger partial charge is 0.252 e. The van der Waals surface area contributed by atoms with Gasteiger partial charge >= 0.3 is 0 Å². The van der Waals surface area contributed by atoms with E-state index in [4.69, 9.17) is 11.5 Å². The highest BCUT2D eigenvalue weighted by molar-refractivity contribution is 6.17. The average molecular weight is 181 g/mol. The van der Waals surface area contributed by atoms with Crippen molar-refractivity contribution in [1.29, 1.82) is 0 Å². The monoisotopic (exact) mass is 181 g/mol. The molecule has 0 aliphatic heterocycles. The molecular formula is C8H8FN3O. The van der Waals surface area contributed by atoms with Gasteiger partial charge in [0.1, 0.15) is 11.5 Å². The lowest BCUT2D eigenvalue weighted by molar-refractivity contribution is -0.112. The van der Waals surface area contributed by atoms with Crippen molar-refractivity contribution in [3.05, 3.63) is 36.0 Å². The van der Waals surface area contributed by atoms with E-state index in [2.05, 4.69) is 4.98 Å². The molecule has 0 aromatic carbocycles. The van der Waals surface area contributed by atoms with Crippen LogP contribution in [0.5, 0.6) is 0 Å². The summed E-state index contributed by atoms with van der Waals surface area (Å²) in [5, 5.41) is 0. The van der Waals surface area contributed by atoms with Gasteiger partial charge in [0.2, 0.25) is 0 Å². The number of carbonyl (C=O) groups is 1. The van der Waals surface area contributed by atoms with Gasteiger partial charge in [0, 0.05) is 12.4 Å². The molecule has 1 aromatic heterocycles. The zero-order valence-corrected chi connectivity index (χ0v) is 6.70. The predicted molar refractivity (Wildman–Crippen MR) is 45.6 cm³/mol. The number of nitrogens with zero attached hydrogens (tertiary/aromatic N) is 1. The van der Waals surface area contributed by atoms with Gasteiger partial charge in [0.15, 0.2) is 0 Å². The topological polar surface area (TPSA) is 82.0 Å². The van der Waals surface area contributed by atoms with Gasteiger partial charge < -0.3 is 11.5 Å². The molecule has 1 heterocycles. The van der Waals surface area contributed by atoms with Crippen LogP contribution in [0.1, 0.15) is 5.69 Å². The van der Waals surface area contributed by atoms with Gasteiger partial charge in [-0.15, -0.1) is 0 Å². The van der Waals surface area contributed by atoms with Gasteiger partial charge in [-0.3, -0.25) is 9.78 Å². The summed E-state index contributed by atoms with van der Waals surface area (Å²) >= 11 is 0. The zero-order valence-electron chi connectivity index (χ0n) is 6.70. The summed E-state index contributed by atoms with van der Waals surface area (Å²) < 4.78 is 13.0. The maximum Gasteiger partial charge on any atom is 0.252 e. The Morgan fingerprint density at radius 2 is 2.31 bits per heavy atom. The van der Waals surface area contributed by atoms with Crippen LogP contribution in [0.4, 0.5) is 4.39 Å². The van der Waals surface area contributed by atoms with Crippen molar-refractivity contribution in [2.45, 2.75) is 0 Å². The standard InChI is InChI=1S/C8H8FN3O/c9-6-2-1-3-12-7(6)5(4-10)8(11)13/h1-4H,10H2,(H2,11,13)/b5-4+. The Labute approximate surface area is 74.1 Å². The molecule has 13 heavy (non-hydrogen) atoms. The Morgan fingerprint density at radius 3 is 2.77 bits per heavy atom. The molecule has 5 heteroatoms. The van der Waals surface area contributed by atoms with Crippen LogP contribution in [0, 0.1) is 5.82 Å². The van der Waals surface area contributed by atoms with E-state index in [1.54, 1.807) is 0 Å². The largest absolute Gasteiger partial charge is 0.404 e. The lowest BCUT2D eigenvalue weighted by Crippen LogP contribution is -2.16. The predicted octanol–water partition coefficient (Wildman–Crippen LogP) is 0.00560. The van der Waals surface area contributed by atoms with Gasteiger partial charge in [0.25, 0.3) is 5.91 Å². The van der Waals surface area contributed by atoms with E-state index in [-0.39, 0.29) is 11.3 Å². The van der Waals surface area contributed by atoms with Crippen LogP contribution in [-0.2, 0) is 4.79 Å². The van der Waals surface area contributed by atoms with Crippen molar-refractivity contribution in [2.24, 2.45) is 11.5 Å². The minimum Gasteiger partial charge on any atom is -0.404 e. The first kappa shape index (κ1) is 9.18. The molecule has 0 fully saturated rings. The molecule has 0 unspecified atom stereocenters. The number of carbonyl (C=O) groups excluding carboxylic acids is 1. The minimum absolute atomic E-state index is 0.127. The molecule has 0 bridgehead atoms. The fourth-order valence-electron chi connectivity index (χ4n) is 0.862. The third-order valence-electron chi connectivity index (χ3n) is 1.45. The maximum atomic E-state index is 13.0. The quantitative estimate of drug-likeness (QED) is 0.630. The zero-order chi connectivity index (χ0) is 9.84. The molecule has 1 amide bonds. The highest BCUT2D eigenvalue weighted by atomic mass is 19.1. The normalized spacial score (nSPS) is 11.3. The van der Waals surface area contributed by atoms with Crippen molar-refractivity contribution in [1.82, 2.24) is 4.98 Å². The fourth-order valence-corrected chi connectivity index (χ4v) is 0.862. The first-order valence-corrected chi connectivity index (χ1v) is 3.49. The van der Waals surface area contributed by atoms with Crippen LogP contribution in [0.2, 0.25) is 0 Å². The Bertz CT molecular complexity index is 362. The number of halogens is 1. The van der Waals surface area contributed by atoms with E-state index in [9.17, 15) is 9.18 Å². The van der Waals surface area contributed by atoms with Gasteiger partial charge in [-0.05, 0) is 12.1 Å². The molecule has 0 spiro atoms. The Kier molecular flexibility index (Phi) is 2.59. The van der Waals surface area contributed by atoms with Crippen LogP contribution in [0.25, 0.3) is 5.57 Å². The summed E-state index contributed by atoms with van der Waals surface area (Å²) in [6.45, 7) is 0. The van der Waals surface area contributed by atoms with E-state index >= 15 is 0 Å². The van der Waals surface area contributed by atoms with Crippen LogP contribution in [0.15, 0.2) is 24.5 Å². The van der Waals surface area contributed by atoms with E-state index in [1.807, 2.05) is 0 Å². The van der Waals surface area contributed by atoms with Gasteiger partial charge in [-0.1, -0.05) is 0 Å². The average Bonchev–Trinajstić information content (AvgIpc) is 2.09. The molecule has 68 valence electrons. The third-order valence-corrected chi connectivity index (χ3v) is 1.45. The van der Waals surface area contributed by atoms with Crippen LogP contribution < -0.4 is 11.5 Å². The van der Waals surface area contributed by atoms with Crippen LogP contribution in [0.3, 0.4) is 0 Å². The van der Waals surface area contributed by atoms with Gasteiger partial charge in [-0.25, -0.2) is 4.39 Å². The number of rotatable bonds is 2. The van der Waals surface area contributed by atoms with Crippen molar-refractivity contribution in [2.75, 3.05) is 0 Å². The Balaban J connectivity index is 3.21. The van der Waals surface area contributed by atoms with Crippen LogP contribution >= 0.6 is 0 Å². The highest BCUT2D eigenvalue weighted by Crippen LogP contribution is 2.13. The molecular weight excluding hydrogens is 173 g/mol. The highest BCUT2D eigenvalue weighted by Gasteiger charge is 2.12. The van der Waals surface area contributed by atoms with Crippen molar-refractivity contribution in [3.63, 3.8) is 0 Å². The number of pyridine rings is 1. The number of primary amides is 1. The van der Waals surface area contributed by atoms with Gasteiger partial charge in [-0.2, -0.15) is 0 Å². The number of amides is 1. The summed E-state index contributed by atoms with van der Waals surface area (Å²) in [5.41, 5.74) is 9.81. The maximum absolute atomic E-state index is 13.0. The third kappa shape index (κ3) is 1.81. The lowest BCUT2D eigenvalue weighted by Gasteiger charge is -2.01. The number of aromatic nitrogens is 1. The number of nitrogens with two attached hydrogens (primary N) is 2. The first-order chi connectivity index (χ1) is 6.16. The number of hydrogen-bond acceptors (Lipinski definition) is 3. The molecule has 4 nitrogen and oxygen atoms in total. The molecule has 0 aliphatic carbocycles.